The van der Waals surface area contributed by atoms with Crippen LogP contribution in [-0.2, 0) is 6.54 Å². The average molecular weight is 350 g/mol. The topological polar surface area (TPSA) is 48.1 Å². The van der Waals surface area contributed by atoms with Crippen LogP contribution in [0.4, 0.5) is 13.2 Å². The minimum absolute atomic E-state index is 0.117. The van der Waals surface area contributed by atoms with Gasteiger partial charge in [-0.15, -0.1) is 13.2 Å². The van der Waals surface area contributed by atoms with Crippen molar-refractivity contribution in [3.63, 3.8) is 0 Å². The average Bonchev–Trinajstić information content (AvgIpc) is 2.11. The van der Waals surface area contributed by atoms with E-state index in [4.69, 9.17) is 5.73 Å². The van der Waals surface area contributed by atoms with Gasteiger partial charge in [0.1, 0.15) is 0 Å². The maximum Gasteiger partial charge on any atom is 0.573 e. The lowest BCUT2D eigenvalue weighted by Crippen LogP contribution is -2.18. The van der Waals surface area contributed by atoms with E-state index >= 15 is 0 Å². The normalized spacial score (nSPS) is 11.6. The fraction of sp³-hybridized carbons (Fsp3) is 0.286. The molecule has 0 radical (unpaired) electrons. The first-order valence-electron chi connectivity index (χ1n) is 3.64. The Labute approximate surface area is 100 Å². The Balaban J connectivity index is 3.07. The van der Waals surface area contributed by atoms with Gasteiger partial charge in [0.15, 0.2) is 5.75 Å². The third-order valence-corrected chi connectivity index (χ3v) is 3.59. The monoisotopic (exact) mass is 348 g/mol. The summed E-state index contributed by atoms with van der Waals surface area (Å²) in [7, 11) is 0. The Hall–Kier alpha value is -0.340. The molecule has 1 heterocycles. The standard InChI is InChI=1S/C7H5Br2F3N2O/c8-5-3(1-13)14-2-4(6(5)9)15-7(10,11)12/h2H,1,13H2. The highest BCUT2D eigenvalue weighted by Crippen LogP contribution is 2.36. The van der Waals surface area contributed by atoms with E-state index in [-0.39, 0.29) is 11.0 Å². The zero-order valence-electron chi connectivity index (χ0n) is 7.11. The van der Waals surface area contributed by atoms with Gasteiger partial charge in [0, 0.05) is 6.54 Å². The molecule has 0 amide bonds. The number of halogens is 5. The molecule has 0 aliphatic carbocycles. The van der Waals surface area contributed by atoms with E-state index in [0.29, 0.717) is 10.2 Å². The van der Waals surface area contributed by atoms with Crippen LogP contribution < -0.4 is 10.5 Å². The number of nitrogens with two attached hydrogens (primary N) is 1. The number of hydrogen-bond acceptors (Lipinski definition) is 3. The Morgan fingerprint density at radius 1 is 1.33 bits per heavy atom. The molecule has 84 valence electrons. The summed E-state index contributed by atoms with van der Waals surface area (Å²) < 4.78 is 40.0. The second kappa shape index (κ2) is 4.67. The molecule has 0 aliphatic heterocycles. The number of pyridine rings is 1. The lowest BCUT2D eigenvalue weighted by molar-refractivity contribution is -0.275. The minimum Gasteiger partial charge on any atom is -0.403 e. The summed E-state index contributed by atoms with van der Waals surface area (Å²) in [6.45, 7) is 0.117. The molecule has 15 heavy (non-hydrogen) atoms. The zero-order valence-corrected chi connectivity index (χ0v) is 10.3. The third-order valence-electron chi connectivity index (χ3n) is 1.42. The van der Waals surface area contributed by atoms with E-state index < -0.39 is 12.1 Å². The molecule has 1 rings (SSSR count). The van der Waals surface area contributed by atoms with Crippen molar-refractivity contribution < 1.29 is 17.9 Å². The fourth-order valence-electron chi connectivity index (χ4n) is 0.823. The van der Waals surface area contributed by atoms with Gasteiger partial charge in [-0.05, 0) is 31.9 Å². The number of alkyl halides is 3. The van der Waals surface area contributed by atoms with Crippen LogP contribution in [0.3, 0.4) is 0 Å². The summed E-state index contributed by atoms with van der Waals surface area (Å²) >= 11 is 6.02. The SMILES string of the molecule is NCc1ncc(OC(F)(F)F)c(Br)c1Br. The van der Waals surface area contributed by atoms with Crippen LogP contribution in [-0.4, -0.2) is 11.3 Å². The molecule has 2 N–H and O–H groups in total. The molecule has 1 aromatic heterocycles. The van der Waals surface area contributed by atoms with Gasteiger partial charge in [0.2, 0.25) is 0 Å². The first kappa shape index (κ1) is 12.7. The smallest absolute Gasteiger partial charge is 0.403 e. The Kier molecular flexibility index (Phi) is 3.96. The highest BCUT2D eigenvalue weighted by molar-refractivity contribution is 9.13. The first-order valence-corrected chi connectivity index (χ1v) is 5.22. The zero-order chi connectivity index (χ0) is 11.6. The highest BCUT2D eigenvalue weighted by Gasteiger charge is 2.32. The van der Waals surface area contributed by atoms with Crippen molar-refractivity contribution in [2.24, 2.45) is 5.73 Å². The Bertz CT molecular complexity index is 370. The first-order chi connectivity index (χ1) is 6.85. The molecule has 0 bridgehead atoms. The second-order valence-electron chi connectivity index (χ2n) is 2.45. The minimum atomic E-state index is -4.74. The van der Waals surface area contributed by atoms with E-state index in [1.807, 2.05) is 0 Å². The molecule has 0 fully saturated rings. The van der Waals surface area contributed by atoms with Crippen molar-refractivity contribution in [1.29, 1.82) is 0 Å². The number of hydrogen-bond donors (Lipinski definition) is 1. The predicted octanol–water partition coefficient (Wildman–Crippen LogP) is 2.96. The fourth-order valence-corrected chi connectivity index (χ4v) is 1.69. The summed E-state index contributed by atoms with van der Waals surface area (Å²) in [4.78, 5) is 3.71. The van der Waals surface area contributed by atoms with Crippen LogP contribution in [0.2, 0.25) is 0 Å². The molecule has 0 saturated heterocycles. The van der Waals surface area contributed by atoms with Crippen LogP contribution in [0.5, 0.6) is 5.75 Å². The van der Waals surface area contributed by atoms with Crippen molar-refractivity contribution in [2.75, 3.05) is 0 Å². The van der Waals surface area contributed by atoms with Gasteiger partial charge in [0.05, 0.1) is 20.8 Å². The van der Waals surface area contributed by atoms with Gasteiger partial charge in [-0.3, -0.25) is 4.98 Å². The Morgan fingerprint density at radius 3 is 2.40 bits per heavy atom. The molecular formula is C7H5Br2F3N2O. The lowest BCUT2D eigenvalue weighted by atomic mass is 10.3. The third kappa shape index (κ3) is 3.32. The van der Waals surface area contributed by atoms with Gasteiger partial charge >= 0.3 is 6.36 Å². The molecule has 0 aromatic carbocycles. The van der Waals surface area contributed by atoms with E-state index in [0.717, 1.165) is 6.20 Å². The summed E-state index contributed by atoms with van der Waals surface area (Å²) in [5.41, 5.74) is 5.76. The molecule has 0 atom stereocenters. The van der Waals surface area contributed by atoms with Gasteiger partial charge in [-0.25, -0.2) is 0 Å². The molecule has 8 heteroatoms. The number of nitrogens with zero attached hydrogens (tertiary/aromatic N) is 1. The van der Waals surface area contributed by atoms with Crippen molar-refractivity contribution in [2.45, 2.75) is 12.9 Å². The van der Waals surface area contributed by atoms with Crippen molar-refractivity contribution in [1.82, 2.24) is 4.98 Å². The second-order valence-corrected chi connectivity index (χ2v) is 4.04. The van der Waals surface area contributed by atoms with E-state index in [1.54, 1.807) is 0 Å². The quantitative estimate of drug-likeness (QED) is 0.893. The number of ether oxygens (including phenoxy) is 1. The summed E-state index contributed by atoms with van der Waals surface area (Å²) in [5.74, 6) is -0.411. The van der Waals surface area contributed by atoms with Crippen LogP contribution in [0.25, 0.3) is 0 Å². The van der Waals surface area contributed by atoms with Gasteiger partial charge in [-0.1, -0.05) is 0 Å². The molecule has 0 aliphatic rings. The van der Waals surface area contributed by atoms with Gasteiger partial charge < -0.3 is 10.5 Å². The van der Waals surface area contributed by atoms with Crippen LogP contribution in [0, 0.1) is 0 Å². The van der Waals surface area contributed by atoms with Gasteiger partial charge in [-0.2, -0.15) is 0 Å². The van der Waals surface area contributed by atoms with Crippen LogP contribution >= 0.6 is 31.9 Å². The summed E-state index contributed by atoms with van der Waals surface area (Å²) in [6, 6.07) is 0. The maximum atomic E-state index is 11.9. The largest absolute Gasteiger partial charge is 0.573 e. The number of aromatic nitrogens is 1. The van der Waals surface area contributed by atoms with Crippen LogP contribution in [0.15, 0.2) is 15.1 Å². The van der Waals surface area contributed by atoms with E-state index in [1.165, 1.54) is 0 Å². The lowest BCUT2D eigenvalue weighted by Gasteiger charge is -2.12. The van der Waals surface area contributed by atoms with Crippen LogP contribution in [0.1, 0.15) is 5.69 Å². The van der Waals surface area contributed by atoms with E-state index in [2.05, 4.69) is 41.6 Å². The molecule has 0 spiro atoms. The predicted molar refractivity (Wildman–Crippen MR) is 54.2 cm³/mol. The summed E-state index contributed by atoms with van der Waals surface area (Å²) in [5, 5.41) is 0. The molecule has 0 saturated carbocycles. The van der Waals surface area contributed by atoms with Crippen molar-refractivity contribution in [3.05, 3.63) is 20.8 Å². The maximum absolute atomic E-state index is 11.9. The highest BCUT2D eigenvalue weighted by atomic mass is 79.9. The molecular weight excluding hydrogens is 345 g/mol. The molecule has 0 unspecified atom stereocenters. The number of rotatable bonds is 2. The molecule has 1 aromatic rings. The Morgan fingerprint density at radius 2 is 1.93 bits per heavy atom. The van der Waals surface area contributed by atoms with Crippen molar-refractivity contribution >= 4 is 31.9 Å². The molecule has 3 nitrogen and oxygen atoms in total. The van der Waals surface area contributed by atoms with E-state index in [9.17, 15) is 13.2 Å². The summed E-state index contributed by atoms with van der Waals surface area (Å²) in [6.07, 6.45) is -3.78. The van der Waals surface area contributed by atoms with Gasteiger partial charge in [0.25, 0.3) is 0 Å². The van der Waals surface area contributed by atoms with Crippen molar-refractivity contribution in [3.8, 4) is 5.75 Å².